The maximum absolute atomic E-state index is 10.9. The van der Waals surface area contributed by atoms with E-state index in [4.69, 9.17) is 15.4 Å². The van der Waals surface area contributed by atoms with Crippen LogP contribution in [0.5, 0.6) is 0 Å². The minimum Gasteiger partial charge on any atom is -0.465 e. The van der Waals surface area contributed by atoms with Crippen LogP contribution in [0.2, 0.25) is 0 Å². The molecule has 4 heterocycles. The molecule has 0 saturated heterocycles. The number of carboxylic acid groups (broad SMARTS) is 1. The van der Waals surface area contributed by atoms with Gasteiger partial charge in [0.05, 0.1) is 52.4 Å². The molecule has 0 radical (unpaired) electrons. The SMILES string of the molecule is CC(C)Nc1cc(-c2ccc3cc(C#N)cnn23)ncc1-n1cc([C@H]2CC[C@H](NC(=O)O)CC2)nn1. The Morgan fingerprint density at radius 2 is 2.00 bits per heavy atom. The predicted octanol–water partition coefficient (Wildman–Crippen LogP) is 3.96. The zero-order valence-electron chi connectivity index (χ0n) is 20.1. The molecule has 11 heteroatoms. The third-order valence-corrected chi connectivity index (χ3v) is 6.45. The monoisotopic (exact) mass is 485 g/mol. The molecule has 0 atom stereocenters. The topological polar surface area (TPSA) is 146 Å². The Hall–Kier alpha value is -4.46. The first-order chi connectivity index (χ1) is 17.4. The number of nitrogens with one attached hydrogen (secondary N) is 2. The van der Waals surface area contributed by atoms with Gasteiger partial charge in [-0.05, 0) is 63.8 Å². The number of rotatable bonds is 6. The fraction of sp³-hybridized carbons (Fsp3) is 0.360. The molecule has 184 valence electrons. The van der Waals surface area contributed by atoms with Crippen LogP contribution in [-0.2, 0) is 0 Å². The number of aromatic nitrogens is 6. The lowest BCUT2D eigenvalue weighted by Crippen LogP contribution is -2.36. The van der Waals surface area contributed by atoms with Crippen molar-refractivity contribution in [2.45, 2.75) is 57.5 Å². The molecule has 36 heavy (non-hydrogen) atoms. The number of amides is 1. The van der Waals surface area contributed by atoms with E-state index < -0.39 is 6.09 Å². The highest BCUT2D eigenvalue weighted by molar-refractivity contribution is 5.71. The van der Waals surface area contributed by atoms with Gasteiger partial charge in [-0.3, -0.25) is 4.98 Å². The molecular weight excluding hydrogens is 458 g/mol. The minimum absolute atomic E-state index is 0.00139. The standard InChI is InChI=1S/C25H27N9O2/c1-15(2)29-21-10-20(23-8-7-19-9-16(11-26)12-28-34(19)23)27-13-24(21)33-14-22(31-32-33)17-3-5-18(6-4-17)30-25(35)36/h7-10,12-15,17-18,30H,3-6H2,1-2H3,(H,27,29)(H,35,36)/t17-,18-. The van der Waals surface area contributed by atoms with E-state index in [9.17, 15) is 4.79 Å². The zero-order valence-corrected chi connectivity index (χ0v) is 20.1. The van der Waals surface area contributed by atoms with E-state index in [1.54, 1.807) is 27.7 Å². The van der Waals surface area contributed by atoms with Crippen LogP contribution in [-0.4, -0.2) is 52.9 Å². The summed E-state index contributed by atoms with van der Waals surface area (Å²) >= 11 is 0. The molecule has 5 rings (SSSR count). The number of hydrogen-bond donors (Lipinski definition) is 3. The molecule has 0 spiro atoms. The van der Waals surface area contributed by atoms with Gasteiger partial charge in [0.2, 0.25) is 0 Å². The minimum atomic E-state index is -0.971. The van der Waals surface area contributed by atoms with Gasteiger partial charge in [0.1, 0.15) is 11.8 Å². The van der Waals surface area contributed by atoms with E-state index in [1.165, 1.54) is 0 Å². The number of nitriles is 1. The Morgan fingerprint density at radius 1 is 1.19 bits per heavy atom. The van der Waals surface area contributed by atoms with Crippen LogP contribution in [0.25, 0.3) is 22.6 Å². The van der Waals surface area contributed by atoms with Gasteiger partial charge in [-0.1, -0.05) is 5.21 Å². The second-order valence-corrected chi connectivity index (χ2v) is 9.38. The van der Waals surface area contributed by atoms with Crippen LogP contribution in [0.1, 0.15) is 56.7 Å². The van der Waals surface area contributed by atoms with Crippen molar-refractivity contribution in [3.63, 3.8) is 0 Å². The number of carbonyl (C=O) groups is 1. The van der Waals surface area contributed by atoms with Gasteiger partial charge in [0.25, 0.3) is 0 Å². The van der Waals surface area contributed by atoms with Crippen molar-refractivity contribution in [2.75, 3.05) is 5.32 Å². The summed E-state index contributed by atoms with van der Waals surface area (Å²) in [4.78, 5) is 15.6. The van der Waals surface area contributed by atoms with Gasteiger partial charge in [-0.15, -0.1) is 5.10 Å². The largest absolute Gasteiger partial charge is 0.465 e. The van der Waals surface area contributed by atoms with Crippen molar-refractivity contribution < 1.29 is 9.90 Å². The van der Waals surface area contributed by atoms with Crippen LogP contribution in [0.3, 0.4) is 0 Å². The summed E-state index contributed by atoms with van der Waals surface area (Å²) < 4.78 is 3.51. The lowest BCUT2D eigenvalue weighted by molar-refractivity contribution is 0.185. The summed E-state index contributed by atoms with van der Waals surface area (Å²) in [5.41, 5.74) is 5.44. The third kappa shape index (κ3) is 4.70. The van der Waals surface area contributed by atoms with Crippen LogP contribution in [0.4, 0.5) is 10.5 Å². The second-order valence-electron chi connectivity index (χ2n) is 9.38. The lowest BCUT2D eigenvalue weighted by Gasteiger charge is -2.26. The van der Waals surface area contributed by atoms with Gasteiger partial charge >= 0.3 is 6.09 Å². The van der Waals surface area contributed by atoms with Crippen LogP contribution >= 0.6 is 0 Å². The third-order valence-electron chi connectivity index (χ3n) is 6.45. The number of nitrogens with zero attached hydrogens (tertiary/aromatic N) is 7. The fourth-order valence-corrected chi connectivity index (χ4v) is 4.74. The van der Waals surface area contributed by atoms with Crippen molar-refractivity contribution in [3.05, 3.63) is 54.1 Å². The van der Waals surface area contributed by atoms with Gasteiger partial charge < -0.3 is 15.7 Å². The summed E-state index contributed by atoms with van der Waals surface area (Å²) in [5.74, 6) is 0.246. The quantitative estimate of drug-likeness (QED) is 0.372. The molecule has 0 aromatic carbocycles. The average Bonchev–Trinajstić information content (AvgIpc) is 3.51. The van der Waals surface area contributed by atoms with E-state index in [2.05, 4.69) is 46.0 Å². The smallest absolute Gasteiger partial charge is 0.404 e. The average molecular weight is 486 g/mol. The van der Waals surface area contributed by atoms with Gasteiger partial charge in [-0.2, -0.15) is 10.4 Å². The number of anilines is 1. The molecule has 1 amide bonds. The first-order valence-electron chi connectivity index (χ1n) is 12.0. The maximum Gasteiger partial charge on any atom is 0.404 e. The molecule has 0 aliphatic heterocycles. The molecule has 11 nitrogen and oxygen atoms in total. The van der Waals surface area contributed by atoms with Crippen molar-refractivity contribution >= 4 is 17.3 Å². The van der Waals surface area contributed by atoms with Gasteiger partial charge in [-0.25, -0.2) is 14.0 Å². The summed E-state index contributed by atoms with van der Waals surface area (Å²) in [6.07, 6.45) is 7.58. The molecule has 1 fully saturated rings. The Bertz CT molecular complexity index is 1440. The number of fused-ring (bicyclic) bond motifs is 1. The second kappa shape index (κ2) is 9.65. The highest BCUT2D eigenvalue weighted by Crippen LogP contribution is 2.33. The lowest BCUT2D eigenvalue weighted by atomic mass is 9.84. The summed E-state index contributed by atoms with van der Waals surface area (Å²) in [6, 6.07) is 9.91. The van der Waals surface area contributed by atoms with Crippen LogP contribution in [0, 0.1) is 11.3 Å². The van der Waals surface area contributed by atoms with Crippen LogP contribution < -0.4 is 10.6 Å². The molecule has 0 bridgehead atoms. The molecule has 4 aromatic heterocycles. The van der Waals surface area contributed by atoms with Gasteiger partial charge in [0, 0.05) is 18.0 Å². The molecule has 3 N–H and O–H groups in total. The Kier molecular flexibility index (Phi) is 6.25. The van der Waals surface area contributed by atoms with Crippen molar-refractivity contribution in [1.29, 1.82) is 5.26 Å². The van der Waals surface area contributed by atoms with Crippen molar-refractivity contribution in [1.82, 2.24) is 34.9 Å². The van der Waals surface area contributed by atoms with E-state index in [0.717, 1.165) is 59.7 Å². The fourth-order valence-electron chi connectivity index (χ4n) is 4.74. The molecule has 1 aliphatic rings. The van der Waals surface area contributed by atoms with E-state index in [0.29, 0.717) is 5.56 Å². The highest BCUT2D eigenvalue weighted by Gasteiger charge is 2.26. The van der Waals surface area contributed by atoms with Gasteiger partial charge in [0.15, 0.2) is 0 Å². The summed E-state index contributed by atoms with van der Waals surface area (Å²) in [6.45, 7) is 4.13. The number of hydrogen-bond acceptors (Lipinski definition) is 7. The predicted molar refractivity (Wildman–Crippen MR) is 133 cm³/mol. The Balaban J connectivity index is 1.42. The highest BCUT2D eigenvalue weighted by atomic mass is 16.4. The molecule has 1 saturated carbocycles. The summed E-state index contributed by atoms with van der Waals surface area (Å²) in [7, 11) is 0. The number of pyridine rings is 1. The molecule has 0 unspecified atom stereocenters. The van der Waals surface area contributed by atoms with E-state index >= 15 is 0 Å². The van der Waals surface area contributed by atoms with Crippen LogP contribution in [0.15, 0.2) is 42.9 Å². The molecular formula is C25H27N9O2. The zero-order chi connectivity index (χ0) is 25.2. The first kappa shape index (κ1) is 23.3. The summed E-state index contributed by atoms with van der Waals surface area (Å²) in [5, 5.41) is 37.4. The Morgan fingerprint density at radius 3 is 2.72 bits per heavy atom. The Labute approximate surface area is 207 Å². The maximum atomic E-state index is 10.9. The van der Waals surface area contributed by atoms with E-state index in [1.807, 2.05) is 24.4 Å². The van der Waals surface area contributed by atoms with Crippen molar-refractivity contribution in [3.8, 4) is 23.1 Å². The molecule has 1 aliphatic carbocycles. The van der Waals surface area contributed by atoms with E-state index in [-0.39, 0.29) is 18.0 Å². The molecule has 4 aromatic rings. The first-order valence-corrected chi connectivity index (χ1v) is 12.0. The normalized spacial score (nSPS) is 17.7. The van der Waals surface area contributed by atoms with Crippen molar-refractivity contribution in [2.24, 2.45) is 0 Å².